The fourth-order valence-corrected chi connectivity index (χ4v) is 2.04. The lowest BCUT2D eigenvalue weighted by atomic mass is 10.1. The van der Waals surface area contributed by atoms with Gasteiger partial charge in [-0.25, -0.2) is 0 Å². The van der Waals surface area contributed by atoms with Gasteiger partial charge in [-0.3, -0.25) is 4.79 Å². The highest BCUT2D eigenvalue weighted by Gasteiger charge is 2.31. The Morgan fingerprint density at radius 1 is 1.41 bits per heavy atom. The summed E-state index contributed by atoms with van der Waals surface area (Å²) < 4.78 is 0. The van der Waals surface area contributed by atoms with Crippen LogP contribution in [0.5, 0.6) is 0 Å². The zero-order valence-corrected chi connectivity index (χ0v) is 9.61. The third-order valence-electron chi connectivity index (χ3n) is 2.67. The van der Waals surface area contributed by atoms with Crippen LogP contribution in [-0.2, 0) is 4.79 Å². The molecule has 0 spiro atoms. The molecule has 1 aromatic rings. The van der Waals surface area contributed by atoms with E-state index in [9.17, 15) is 4.79 Å². The number of halogens is 1. The Labute approximate surface area is 104 Å². The summed E-state index contributed by atoms with van der Waals surface area (Å²) in [7, 11) is 0. The first-order valence-electron chi connectivity index (χ1n) is 5.05. The minimum Gasteiger partial charge on any atom is -0.310 e. The smallest absolute Gasteiger partial charge is 0.228 e. The maximum atomic E-state index is 11.7. The molecule has 1 unspecified atom stereocenters. The molecule has 1 aliphatic rings. The summed E-state index contributed by atoms with van der Waals surface area (Å²) in [4.78, 5) is 13.2. The monoisotopic (exact) mass is 245 g/mol. The molecule has 0 bridgehead atoms. The van der Waals surface area contributed by atoms with Gasteiger partial charge in [0, 0.05) is 13.0 Å². The van der Waals surface area contributed by atoms with Crippen molar-refractivity contribution in [3.8, 4) is 12.1 Å². The van der Waals surface area contributed by atoms with E-state index in [1.54, 1.807) is 18.2 Å². The van der Waals surface area contributed by atoms with Crippen LogP contribution in [0, 0.1) is 28.6 Å². The number of hydrogen-bond donors (Lipinski definition) is 0. The van der Waals surface area contributed by atoms with Gasteiger partial charge in [0.15, 0.2) is 0 Å². The van der Waals surface area contributed by atoms with Crippen LogP contribution in [0.4, 0.5) is 5.69 Å². The van der Waals surface area contributed by atoms with Gasteiger partial charge in [-0.2, -0.15) is 10.5 Å². The summed E-state index contributed by atoms with van der Waals surface area (Å²) in [6.45, 7) is 0.337. The van der Waals surface area contributed by atoms with Gasteiger partial charge in [0.1, 0.15) is 0 Å². The molecule has 1 fully saturated rings. The molecule has 1 heterocycles. The molecular formula is C12H8ClN3O. The van der Waals surface area contributed by atoms with Crippen LogP contribution in [-0.4, -0.2) is 12.5 Å². The Kier molecular flexibility index (Phi) is 2.99. The molecule has 1 aromatic carbocycles. The molecule has 1 aliphatic heterocycles. The Morgan fingerprint density at radius 3 is 2.76 bits per heavy atom. The van der Waals surface area contributed by atoms with E-state index in [2.05, 4.69) is 6.07 Å². The molecule has 1 saturated heterocycles. The highest BCUT2D eigenvalue weighted by molar-refractivity contribution is 6.34. The number of nitriles is 2. The van der Waals surface area contributed by atoms with Gasteiger partial charge in [-0.05, 0) is 18.2 Å². The summed E-state index contributed by atoms with van der Waals surface area (Å²) in [6.07, 6.45) is 0.212. The van der Waals surface area contributed by atoms with E-state index in [4.69, 9.17) is 22.1 Å². The second kappa shape index (κ2) is 4.45. The van der Waals surface area contributed by atoms with E-state index in [1.807, 2.05) is 6.07 Å². The summed E-state index contributed by atoms with van der Waals surface area (Å²) in [5.74, 6) is -0.433. The number of nitrogens with zero attached hydrogens (tertiary/aromatic N) is 3. The van der Waals surface area contributed by atoms with Crippen molar-refractivity contribution < 1.29 is 4.79 Å². The summed E-state index contributed by atoms with van der Waals surface area (Å²) in [5.41, 5.74) is 0.950. The van der Waals surface area contributed by atoms with E-state index in [-0.39, 0.29) is 18.2 Å². The lowest BCUT2D eigenvalue weighted by molar-refractivity contribution is -0.117. The second-order valence-corrected chi connectivity index (χ2v) is 4.22. The van der Waals surface area contributed by atoms with Gasteiger partial charge in [0.2, 0.25) is 5.91 Å². The topological polar surface area (TPSA) is 67.9 Å². The van der Waals surface area contributed by atoms with E-state index in [0.29, 0.717) is 22.8 Å². The molecule has 4 nitrogen and oxygen atoms in total. The van der Waals surface area contributed by atoms with E-state index >= 15 is 0 Å². The Bertz CT molecular complexity index is 556. The van der Waals surface area contributed by atoms with Crippen LogP contribution < -0.4 is 4.90 Å². The van der Waals surface area contributed by atoms with Crippen molar-refractivity contribution in [2.75, 3.05) is 11.4 Å². The van der Waals surface area contributed by atoms with Crippen molar-refractivity contribution >= 4 is 23.2 Å². The first-order chi connectivity index (χ1) is 8.15. The molecule has 0 saturated carbocycles. The largest absolute Gasteiger partial charge is 0.310 e. The van der Waals surface area contributed by atoms with Gasteiger partial charge in [-0.15, -0.1) is 0 Å². The van der Waals surface area contributed by atoms with Crippen molar-refractivity contribution in [3.05, 3.63) is 28.8 Å². The van der Waals surface area contributed by atoms with Crippen LogP contribution in [0.3, 0.4) is 0 Å². The Morgan fingerprint density at radius 2 is 2.18 bits per heavy atom. The number of benzene rings is 1. The molecule has 0 radical (unpaired) electrons. The predicted molar refractivity (Wildman–Crippen MR) is 62.2 cm³/mol. The van der Waals surface area contributed by atoms with Gasteiger partial charge < -0.3 is 4.90 Å². The third kappa shape index (κ3) is 2.08. The average Bonchev–Trinajstić information content (AvgIpc) is 2.71. The molecular weight excluding hydrogens is 238 g/mol. The van der Waals surface area contributed by atoms with E-state index in [0.717, 1.165) is 0 Å². The fraction of sp³-hybridized carbons (Fsp3) is 0.250. The van der Waals surface area contributed by atoms with Gasteiger partial charge >= 0.3 is 0 Å². The molecule has 84 valence electrons. The molecule has 1 amide bonds. The molecule has 17 heavy (non-hydrogen) atoms. The third-order valence-corrected chi connectivity index (χ3v) is 2.99. The lowest BCUT2D eigenvalue weighted by Gasteiger charge is -2.17. The fourth-order valence-electron chi connectivity index (χ4n) is 1.82. The van der Waals surface area contributed by atoms with E-state index < -0.39 is 0 Å². The number of anilines is 1. The van der Waals surface area contributed by atoms with Crippen molar-refractivity contribution in [1.82, 2.24) is 0 Å². The maximum absolute atomic E-state index is 11.7. The summed E-state index contributed by atoms with van der Waals surface area (Å²) >= 11 is 6.00. The first-order valence-corrected chi connectivity index (χ1v) is 5.43. The number of hydrogen-bond acceptors (Lipinski definition) is 3. The second-order valence-electron chi connectivity index (χ2n) is 3.81. The molecule has 0 aromatic heterocycles. The molecule has 1 atom stereocenters. The SMILES string of the molecule is N#Cc1ccc(Cl)c(N2CC(C#N)CC2=O)c1. The van der Waals surface area contributed by atoms with Crippen molar-refractivity contribution in [2.24, 2.45) is 5.92 Å². The number of rotatable bonds is 1. The van der Waals surface area contributed by atoms with E-state index in [1.165, 1.54) is 4.90 Å². The molecule has 0 aliphatic carbocycles. The minimum absolute atomic E-state index is 0.131. The lowest BCUT2D eigenvalue weighted by Crippen LogP contribution is -2.24. The van der Waals surface area contributed by atoms with Gasteiger partial charge in [-0.1, -0.05) is 11.6 Å². The van der Waals surface area contributed by atoms with Crippen molar-refractivity contribution in [3.63, 3.8) is 0 Å². The minimum atomic E-state index is -0.302. The quantitative estimate of drug-likeness (QED) is 0.761. The summed E-state index contributed by atoms with van der Waals surface area (Å²) in [5, 5.41) is 18.0. The van der Waals surface area contributed by atoms with Crippen LogP contribution in [0.1, 0.15) is 12.0 Å². The van der Waals surface area contributed by atoms with Crippen LogP contribution in [0.25, 0.3) is 0 Å². The molecule has 2 rings (SSSR count). The number of carbonyl (C=O) groups is 1. The van der Waals surface area contributed by atoms with Crippen LogP contribution in [0.15, 0.2) is 18.2 Å². The highest BCUT2D eigenvalue weighted by Crippen LogP contribution is 2.31. The maximum Gasteiger partial charge on any atom is 0.228 e. The average molecular weight is 246 g/mol. The Balaban J connectivity index is 2.39. The number of carbonyl (C=O) groups excluding carboxylic acids is 1. The standard InChI is InChI=1S/C12H8ClN3O/c13-10-2-1-8(5-14)3-11(10)16-7-9(6-15)4-12(16)17/h1-3,9H,4,7H2. The Hall–Kier alpha value is -2.04. The van der Waals surface area contributed by atoms with Gasteiger partial charge in [0.25, 0.3) is 0 Å². The summed E-state index contributed by atoms with van der Waals surface area (Å²) in [6, 6.07) is 8.81. The number of amides is 1. The first kappa shape index (κ1) is 11.4. The zero-order chi connectivity index (χ0) is 12.4. The molecule has 0 N–H and O–H groups in total. The predicted octanol–water partition coefficient (Wildman–Crippen LogP) is 2.09. The normalized spacial score (nSPS) is 18.9. The van der Waals surface area contributed by atoms with Crippen molar-refractivity contribution in [1.29, 1.82) is 10.5 Å². The van der Waals surface area contributed by atoms with Crippen LogP contribution in [0.2, 0.25) is 5.02 Å². The van der Waals surface area contributed by atoms with Crippen molar-refractivity contribution in [2.45, 2.75) is 6.42 Å². The zero-order valence-electron chi connectivity index (χ0n) is 8.85. The molecule has 5 heteroatoms. The highest BCUT2D eigenvalue weighted by atomic mass is 35.5. The van der Waals surface area contributed by atoms with Gasteiger partial charge in [0.05, 0.1) is 34.3 Å². The van der Waals surface area contributed by atoms with Crippen LogP contribution >= 0.6 is 11.6 Å².